The Morgan fingerprint density at radius 3 is 2.76 bits per heavy atom. The number of aromatic nitrogens is 5. The summed E-state index contributed by atoms with van der Waals surface area (Å²) in [5.74, 6) is -0.0834. The highest BCUT2D eigenvalue weighted by Crippen LogP contribution is 2.33. The minimum atomic E-state index is -0.340. The van der Waals surface area contributed by atoms with Crippen LogP contribution in [0.2, 0.25) is 0 Å². The number of carbonyl (C=O) groups excluding carboxylic acids is 1. The van der Waals surface area contributed by atoms with Crippen molar-refractivity contribution in [2.75, 3.05) is 11.4 Å². The molecular weight excluding hydrogens is 488 g/mol. The van der Waals surface area contributed by atoms with Gasteiger partial charge in [-0.3, -0.25) is 4.79 Å². The fourth-order valence-electron chi connectivity index (χ4n) is 5.60. The molecule has 1 aliphatic heterocycles. The topological polar surface area (TPSA) is 91.7 Å². The van der Waals surface area contributed by atoms with Crippen LogP contribution in [0, 0.1) is 11.6 Å². The maximum absolute atomic E-state index is 14.3. The number of hydrogen-bond donors (Lipinski definition) is 2. The van der Waals surface area contributed by atoms with E-state index < -0.39 is 0 Å². The molecule has 1 amide bonds. The minimum absolute atomic E-state index is 0.204. The van der Waals surface area contributed by atoms with E-state index in [9.17, 15) is 13.6 Å². The average molecular weight is 516 g/mol. The van der Waals surface area contributed by atoms with Crippen LogP contribution in [-0.4, -0.2) is 43.0 Å². The molecule has 1 aliphatic rings. The van der Waals surface area contributed by atoms with E-state index in [1.807, 2.05) is 11.6 Å². The largest absolute Gasteiger partial charge is 0.352 e. The van der Waals surface area contributed by atoms with Crippen molar-refractivity contribution in [2.45, 2.75) is 38.3 Å². The number of imidazole rings is 1. The number of aryl methyl sites for hydroxylation is 2. The lowest BCUT2D eigenvalue weighted by Gasteiger charge is -2.26. The SMILES string of the molecule is Cn1c(C(=O)NCc2ccc(F)cc2)c(CC[C@H]2CCCN2c2ncnc3nc[nH]c23)c2cc(F)ccc21. The fraction of sp³-hybridized carbons (Fsp3) is 0.286. The summed E-state index contributed by atoms with van der Waals surface area (Å²) in [6.45, 7) is 1.13. The van der Waals surface area contributed by atoms with Crippen LogP contribution in [0.3, 0.4) is 0 Å². The Balaban J connectivity index is 1.28. The van der Waals surface area contributed by atoms with Crippen LogP contribution in [0.5, 0.6) is 0 Å². The first kappa shape index (κ1) is 24.0. The van der Waals surface area contributed by atoms with E-state index in [2.05, 4.69) is 30.2 Å². The van der Waals surface area contributed by atoms with Crippen molar-refractivity contribution < 1.29 is 13.6 Å². The molecule has 0 aliphatic carbocycles. The molecule has 0 unspecified atom stereocenters. The molecule has 8 nitrogen and oxygen atoms in total. The first-order chi connectivity index (χ1) is 18.5. The maximum atomic E-state index is 14.3. The van der Waals surface area contributed by atoms with Crippen LogP contribution in [0.4, 0.5) is 14.6 Å². The third kappa shape index (κ3) is 4.36. The lowest BCUT2D eigenvalue weighted by Crippen LogP contribution is -2.31. The number of halogens is 2. The molecule has 10 heteroatoms. The Morgan fingerprint density at radius 2 is 1.92 bits per heavy atom. The first-order valence-corrected chi connectivity index (χ1v) is 12.7. The Hall–Kier alpha value is -4.34. The van der Waals surface area contributed by atoms with E-state index in [1.54, 1.807) is 24.5 Å². The van der Waals surface area contributed by atoms with Gasteiger partial charge in [-0.25, -0.2) is 23.7 Å². The number of nitrogens with one attached hydrogen (secondary N) is 2. The third-order valence-corrected chi connectivity index (χ3v) is 7.43. The smallest absolute Gasteiger partial charge is 0.268 e. The van der Waals surface area contributed by atoms with Gasteiger partial charge in [0.15, 0.2) is 11.5 Å². The van der Waals surface area contributed by atoms with Crippen LogP contribution < -0.4 is 10.2 Å². The molecule has 38 heavy (non-hydrogen) atoms. The maximum Gasteiger partial charge on any atom is 0.268 e. The number of H-pyrrole nitrogens is 1. The van der Waals surface area contributed by atoms with Gasteiger partial charge in [-0.15, -0.1) is 0 Å². The first-order valence-electron chi connectivity index (χ1n) is 12.7. The van der Waals surface area contributed by atoms with E-state index in [4.69, 9.17) is 0 Å². The van der Waals surface area contributed by atoms with E-state index in [0.717, 1.165) is 59.2 Å². The number of hydrogen-bond acceptors (Lipinski definition) is 5. The number of carbonyl (C=O) groups is 1. The summed E-state index contributed by atoms with van der Waals surface area (Å²) < 4.78 is 29.4. The second-order valence-electron chi connectivity index (χ2n) is 9.68. The van der Waals surface area contributed by atoms with Crippen LogP contribution in [-0.2, 0) is 20.0 Å². The van der Waals surface area contributed by atoms with Gasteiger partial charge in [0, 0.05) is 37.1 Å². The molecule has 1 fully saturated rings. The summed E-state index contributed by atoms with van der Waals surface area (Å²) in [5, 5.41) is 3.69. The van der Waals surface area contributed by atoms with Crippen molar-refractivity contribution in [3.63, 3.8) is 0 Å². The Bertz CT molecular complexity index is 1630. The van der Waals surface area contributed by atoms with Gasteiger partial charge in [-0.1, -0.05) is 12.1 Å². The number of fused-ring (bicyclic) bond motifs is 2. The number of amides is 1. The van der Waals surface area contributed by atoms with Crippen LogP contribution in [0.1, 0.15) is 40.9 Å². The molecule has 1 saturated heterocycles. The number of benzene rings is 2. The highest BCUT2D eigenvalue weighted by Gasteiger charge is 2.29. The van der Waals surface area contributed by atoms with Gasteiger partial charge in [-0.2, -0.15) is 0 Å². The number of anilines is 1. The van der Waals surface area contributed by atoms with Gasteiger partial charge in [0.1, 0.15) is 29.2 Å². The predicted octanol–water partition coefficient (Wildman–Crippen LogP) is 4.65. The summed E-state index contributed by atoms with van der Waals surface area (Å²) >= 11 is 0. The molecule has 2 aromatic carbocycles. The summed E-state index contributed by atoms with van der Waals surface area (Å²) in [6, 6.07) is 10.9. The van der Waals surface area contributed by atoms with Crippen molar-refractivity contribution in [2.24, 2.45) is 7.05 Å². The highest BCUT2D eigenvalue weighted by molar-refractivity contribution is 6.01. The number of aromatic amines is 1. The molecule has 0 radical (unpaired) electrons. The van der Waals surface area contributed by atoms with Crippen molar-refractivity contribution in [1.29, 1.82) is 0 Å². The molecular formula is C28H27F2N7O. The van der Waals surface area contributed by atoms with Gasteiger partial charge < -0.3 is 19.8 Å². The zero-order valence-corrected chi connectivity index (χ0v) is 20.9. The quantitative estimate of drug-likeness (QED) is 0.329. The number of rotatable bonds is 7. The molecule has 2 N–H and O–H groups in total. The summed E-state index contributed by atoms with van der Waals surface area (Å²) in [5.41, 5.74) is 4.36. The zero-order chi connectivity index (χ0) is 26.2. The second-order valence-corrected chi connectivity index (χ2v) is 9.68. The van der Waals surface area contributed by atoms with E-state index in [0.29, 0.717) is 17.8 Å². The monoisotopic (exact) mass is 515 g/mol. The third-order valence-electron chi connectivity index (χ3n) is 7.43. The van der Waals surface area contributed by atoms with Crippen LogP contribution >= 0.6 is 0 Å². The Morgan fingerprint density at radius 1 is 1.11 bits per heavy atom. The van der Waals surface area contributed by atoms with Gasteiger partial charge in [0.05, 0.1) is 6.33 Å². The molecule has 0 saturated carbocycles. The fourth-order valence-corrected chi connectivity index (χ4v) is 5.60. The van der Waals surface area contributed by atoms with Crippen molar-refractivity contribution in [1.82, 2.24) is 29.8 Å². The van der Waals surface area contributed by atoms with Gasteiger partial charge >= 0.3 is 0 Å². The van der Waals surface area contributed by atoms with Crippen LogP contribution in [0.15, 0.2) is 55.1 Å². The predicted molar refractivity (Wildman–Crippen MR) is 141 cm³/mol. The van der Waals surface area contributed by atoms with Crippen molar-refractivity contribution in [3.05, 3.63) is 83.6 Å². The lowest BCUT2D eigenvalue weighted by atomic mass is 10.00. The van der Waals surface area contributed by atoms with Gasteiger partial charge in [-0.05, 0) is 67.1 Å². The normalized spacial score (nSPS) is 15.6. The highest BCUT2D eigenvalue weighted by atomic mass is 19.1. The number of nitrogens with zero attached hydrogens (tertiary/aromatic N) is 5. The Kier molecular flexibility index (Phi) is 6.22. The summed E-state index contributed by atoms with van der Waals surface area (Å²) in [4.78, 5) is 31.9. The summed E-state index contributed by atoms with van der Waals surface area (Å²) in [7, 11) is 1.83. The molecule has 3 aromatic heterocycles. The van der Waals surface area contributed by atoms with E-state index in [-0.39, 0.29) is 30.1 Å². The molecule has 6 rings (SSSR count). The molecule has 4 heterocycles. The molecule has 5 aromatic rings. The zero-order valence-electron chi connectivity index (χ0n) is 20.9. The van der Waals surface area contributed by atoms with E-state index >= 15 is 0 Å². The van der Waals surface area contributed by atoms with Crippen LogP contribution in [0.25, 0.3) is 22.1 Å². The average Bonchev–Trinajstić information content (AvgIpc) is 3.65. The Labute approximate surface area is 217 Å². The van der Waals surface area contributed by atoms with E-state index in [1.165, 1.54) is 30.6 Å². The van der Waals surface area contributed by atoms with Crippen molar-refractivity contribution >= 4 is 33.8 Å². The standard InChI is InChI=1S/C28H27F2N7O/c1-36-23-11-8-19(30)13-22(23)21(25(36)28(38)31-14-17-4-6-18(29)7-5-17)10-9-20-3-2-12-37(20)27-24-26(33-15-32-24)34-16-35-27/h4-8,11,13,15-16,20H,2-3,9-10,12,14H2,1H3,(H,31,38)(H,32,33,34,35)/t20-/m1/s1. The lowest BCUT2D eigenvalue weighted by molar-refractivity contribution is 0.0942. The summed E-state index contributed by atoms with van der Waals surface area (Å²) in [6.07, 6.45) is 6.54. The van der Waals surface area contributed by atoms with Gasteiger partial charge in [0.25, 0.3) is 5.91 Å². The molecule has 0 spiro atoms. The van der Waals surface area contributed by atoms with Gasteiger partial charge in [0.2, 0.25) is 0 Å². The molecule has 1 atom stereocenters. The van der Waals surface area contributed by atoms with Crippen molar-refractivity contribution in [3.8, 4) is 0 Å². The minimum Gasteiger partial charge on any atom is -0.352 e. The molecule has 0 bridgehead atoms. The molecule has 194 valence electrons. The second kappa shape index (κ2) is 9.85.